The van der Waals surface area contributed by atoms with E-state index in [9.17, 15) is 75.7 Å². The van der Waals surface area contributed by atoms with Gasteiger partial charge in [-0.05, 0) is 44.9 Å². The Morgan fingerprint density at radius 3 is 1.51 bits per heavy atom. The fourth-order valence-electron chi connectivity index (χ4n) is 12.1. The van der Waals surface area contributed by atoms with Crippen LogP contribution in [0.5, 0.6) is 0 Å². The van der Waals surface area contributed by atoms with Crippen LogP contribution in [-0.4, -0.2) is 215 Å². The van der Waals surface area contributed by atoms with Crippen LogP contribution in [0, 0.1) is 0 Å². The third-order valence-corrected chi connectivity index (χ3v) is 17.6. The summed E-state index contributed by atoms with van der Waals surface area (Å²) in [7, 11) is 0. The zero-order valence-corrected chi connectivity index (χ0v) is 54.7. The van der Waals surface area contributed by atoms with Gasteiger partial charge in [0.2, 0.25) is 11.8 Å². The molecule has 0 aromatic heterocycles. The molecule has 3 aliphatic rings. The lowest BCUT2D eigenvalue weighted by molar-refractivity contribution is -0.386. The van der Waals surface area contributed by atoms with Crippen LogP contribution < -0.4 is 10.6 Å². The molecule has 3 fully saturated rings. The maximum absolute atomic E-state index is 13.4. The van der Waals surface area contributed by atoms with Gasteiger partial charge in [0.25, 0.3) is 5.79 Å². The number of aliphatic hydroxyl groups excluding tert-OH is 11. The maximum atomic E-state index is 13.4. The fraction of sp³-hybridized carbons (Fsp3) is 0.896. The van der Waals surface area contributed by atoms with Crippen molar-refractivity contribution in [3.63, 3.8) is 0 Å². The summed E-state index contributed by atoms with van der Waals surface area (Å²) >= 11 is 0. The van der Waals surface area contributed by atoms with E-state index in [-0.39, 0.29) is 12.3 Å². The lowest BCUT2D eigenvalue weighted by atomic mass is 9.88. The monoisotopic (exact) mass is 1290 g/mol. The third-order valence-electron chi connectivity index (χ3n) is 17.6. The first-order valence-electron chi connectivity index (χ1n) is 34.7. The van der Waals surface area contributed by atoms with Crippen LogP contribution in [0.1, 0.15) is 245 Å². The average Bonchev–Trinajstić information content (AvgIpc) is 0.823. The first-order valence-corrected chi connectivity index (χ1v) is 34.7. The molecule has 0 bridgehead atoms. The molecule has 0 aromatic rings. The van der Waals surface area contributed by atoms with E-state index in [2.05, 4.69) is 36.6 Å². The molecule has 0 aromatic carbocycles. The highest BCUT2D eigenvalue weighted by atomic mass is 16.8. The van der Waals surface area contributed by atoms with Gasteiger partial charge in [-0.1, -0.05) is 205 Å². The molecule has 3 saturated heterocycles. The van der Waals surface area contributed by atoms with Crippen LogP contribution in [0.15, 0.2) is 24.3 Å². The van der Waals surface area contributed by atoms with Crippen molar-refractivity contribution >= 4 is 17.8 Å². The van der Waals surface area contributed by atoms with E-state index in [4.69, 9.17) is 28.4 Å². The van der Waals surface area contributed by atoms with Gasteiger partial charge >= 0.3 is 5.97 Å². The third kappa shape index (κ3) is 30.3. The standard InChI is InChI=1S/C67H122N2O21/c1-4-6-8-10-12-14-16-18-20-21-22-23-24-25-27-29-31-33-35-37-39-41-54(77)69-48(49(74)40-38-36-34-32-30-28-26-19-17-15-13-11-9-7-5-2)46-85-64-59(81)58(80)61(53(45-72)87-64)88-65-60(82)63(57(79)52(44-71)86-65)90-67(66(83)84)42-50(75)55(68-47(3)73)62(89-67)56(78)51(76)43-70/h23-24,38,40,48-53,55-65,70-72,74-76,78-82H,4-22,25-37,39,41-46H2,1-3H3,(H,68,73)(H,69,77)(H,83,84)/b24-23-,40-38+. The van der Waals surface area contributed by atoms with E-state index in [1.807, 2.05) is 6.08 Å². The summed E-state index contributed by atoms with van der Waals surface area (Å²) in [6, 6.07) is -2.62. The lowest BCUT2D eigenvalue weighted by Gasteiger charge is -2.50. The predicted octanol–water partition coefficient (Wildman–Crippen LogP) is 6.06. The van der Waals surface area contributed by atoms with Crippen LogP contribution in [0.2, 0.25) is 0 Å². The number of amides is 2. The van der Waals surface area contributed by atoms with Gasteiger partial charge in [-0.15, -0.1) is 0 Å². The molecule has 526 valence electrons. The second kappa shape index (κ2) is 48.0. The van der Waals surface area contributed by atoms with Gasteiger partial charge in [0.1, 0.15) is 67.1 Å². The minimum absolute atomic E-state index is 0.196. The number of carbonyl (C=O) groups is 3. The minimum atomic E-state index is -3.08. The van der Waals surface area contributed by atoms with Gasteiger partial charge < -0.3 is 100 Å². The molecule has 18 atom stereocenters. The number of hydrogen-bond acceptors (Lipinski definition) is 20. The summed E-state index contributed by atoms with van der Waals surface area (Å²) < 4.78 is 34.8. The topological polar surface area (TPSA) is 373 Å². The zero-order valence-electron chi connectivity index (χ0n) is 54.7. The minimum Gasteiger partial charge on any atom is -0.477 e. The first-order chi connectivity index (χ1) is 43.4. The highest BCUT2D eigenvalue weighted by molar-refractivity contribution is 5.77. The van der Waals surface area contributed by atoms with Gasteiger partial charge in [-0.3, -0.25) is 9.59 Å². The van der Waals surface area contributed by atoms with E-state index in [1.54, 1.807) is 6.08 Å². The quantitative estimate of drug-likeness (QED) is 0.0243. The van der Waals surface area contributed by atoms with Crippen molar-refractivity contribution in [2.45, 2.75) is 355 Å². The van der Waals surface area contributed by atoms with Gasteiger partial charge in [0.05, 0.1) is 50.7 Å². The number of unbranched alkanes of at least 4 members (excludes halogenated alkanes) is 30. The first kappa shape index (κ1) is 81.4. The molecule has 0 spiro atoms. The van der Waals surface area contributed by atoms with Crippen LogP contribution in [0.4, 0.5) is 0 Å². The molecule has 3 rings (SSSR count). The Bertz CT molecular complexity index is 1920. The normalized spacial score (nSPS) is 28.7. The molecule has 3 aliphatic heterocycles. The Morgan fingerprint density at radius 1 is 0.578 bits per heavy atom. The molecule has 0 saturated carbocycles. The summed E-state index contributed by atoms with van der Waals surface area (Å²) in [4.78, 5) is 38.5. The summed E-state index contributed by atoms with van der Waals surface area (Å²) in [5, 5.41) is 136. The van der Waals surface area contributed by atoms with Crippen molar-refractivity contribution in [3.8, 4) is 0 Å². The van der Waals surface area contributed by atoms with Crippen LogP contribution in [-0.2, 0) is 42.8 Å². The van der Waals surface area contributed by atoms with Crippen molar-refractivity contribution < 1.29 is 104 Å². The molecule has 23 heteroatoms. The van der Waals surface area contributed by atoms with Crippen molar-refractivity contribution in [2.75, 3.05) is 26.4 Å². The van der Waals surface area contributed by atoms with Crippen molar-refractivity contribution in [1.82, 2.24) is 10.6 Å². The molecule has 14 N–H and O–H groups in total. The predicted molar refractivity (Wildman–Crippen MR) is 338 cm³/mol. The molecule has 2 amide bonds. The number of ether oxygens (including phenoxy) is 6. The average molecular weight is 1290 g/mol. The Morgan fingerprint density at radius 2 is 1.04 bits per heavy atom. The zero-order chi connectivity index (χ0) is 66.1. The number of hydrogen-bond donors (Lipinski definition) is 14. The summed E-state index contributed by atoms with van der Waals surface area (Å²) in [6.07, 6.45) is 17.9. The Hall–Kier alpha value is -2.79. The second-order valence-corrected chi connectivity index (χ2v) is 25.4. The van der Waals surface area contributed by atoms with E-state index in [0.29, 0.717) is 12.8 Å². The summed E-state index contributed by atoms with van der Waals surface area (Å²) in [6.45, 7) is 2.13. The van der Waals surface area contributed by atoms with Crippen LogP contribution >= 0.6 is 0 Å². The molecule has 23 nitrogen and oxygen atoms in total. The Kier molecular flexibility index (Phi) is 43.4. The second-order valence-electron chi connectivity index (χ2n) is 25.4. The smallest absolute Gasteiger partial charge is 0.364 e. The van der Waals surface area contributed by atoms with Gasteiger partial charge in [0.15, 0.2) is 12.6 Å². The molecule has 18 unspecified atom stereocenters. The summed E-state index contributed by atoms with van der Waals surface area (Å²) in [5.74, 6) is -6.15. The number of aliphatic carboxylic acids is 1. The van der Waals surface area contributed by atoms with Gasteiger partial charge in [-0.2, -0.15) is 0 Å². The SMILES string of the molecule is CCCCCCCCCCCC/C=C\CCCCCCCCCC(=O)NC(COC1OC(CO)C(OC2OC(CO)C(O)C(OC3(C(=O)O)CC(O)C(NC(C)=O)C(C(O)C(O)CO)O3)C2O)C(O)C1O)C(O)/C=C/CCCCCCCCCCCCCCC. The number of carboxylic acids is 1. The molecule has 0 aliphatic carbocycles. The van der Waals surface area contributed by atoms with Gasteiger partial charge in [0, 0.05) is 19.8 Å². The summed E-state index contributed by atoms with van der Waals surface area (Å²) in [5.41, 5.74) is 0. The van der Waals surface area contributed by atoms with Crippen molar-refractivity contribution in [1.29, 1.82) is 0 Å². The van der Waals surface area contributed by atoms with E-state index >= 15 is 0 Å². The van der Waals surface area contributed by atoms with E-state index in [1.165, 1.54) is 128 Å². The van der Waals surface area contributed by atoms with Crippen molar-refractivity contribution in [2.24, 2.45) is 0 Å². The molecular weight excluding hydrogens is 1170 g/mol. The largest absolute Gasteiger partial charge is 0.477 e. The van der Waals surface area contributed by atoms with Crippen molar-refractivity contribution in [3.05, 3.63) is 24.3 Å². The number of aliphatic hydroxyl groups is 11. The van der Waals surface area contributed by atoms with Gasteiger partial charge in [-0.25, -0.2) is 4.79 Å². The van der Waals surface area contributed by atoms with E-state index in [0.717, 1.165) is 77.6 Å². The van der Waals surface area contributed by atoms with E-state index < -0.39 is 155 Å². The number of nitrogens with one attached hydrogen (secondary N) is 2. The molecule has 3 heterocycles. The number of rotatable bonds is 52. The Labute approximate surface area is 536 Å². The lowest BCUT2D eigenvalue weighted by Crippen LogP contribution is -2.70. The fourth-order valence-corrected chi connectivity index (χ4v) is 12.1. The number of carboxylic acid groups (broad SMARTS) is 1. The van der Waals surface area contributed by atoms with Crippen LogP contribution in [0.3, 0.4) is 0 Å². The van der Waals surface area contributed by atoms with Crippen LogP contribution in [0.25, 0.3) is 0 Å². The number of carbonyl (C=O) groups excluding carboxylic acids is 2. The maximum Gasteiger partial charge on any atom is 0.364 e. The Balaban J connectivity index is 1.60. The molecule has 0 radical (unpaired) electrons. The molecule has 90 heavy (non-hydrogen) atoms. The highest BCUT2D eigenvalue weighted by Crippen LogP contribution is 2.39. The number of allylic oxidation sites excluding steroid dienone is 3. The highest BCUT2D eigenvalue weighted by Gasteiger charge is 2.60. The molecular formula is C67H122N2O21.